The number of carbonyl (C=O) groups excluding carboxylic acids is 4. The summed E-state index contributed by atoms with van der Waals surface area (Å²) in [6.45, 7) is 0. The van der Waals surface area contributed by atoms with Crippen molar-refractivity contribution in [3.05, 3.63) is 68.8 Å². The van der Waals surface area contributed by atoms with Crippen molar-refractivity contribution >= 4 is 46.0 Å². The summed E-state index contributed by atoms with van der Waals surface area (Å²) in [4.78, 5) is 56.4. The fourth-order valence-electron chi connectivity index (χ4n) is 6.19. The zero-order valence-electron chi connectivity index (χ0n) is 17.8. The SMILES string of the molecule is O=C1[C@@H]2[C@@H](c3ccc(I)cc3)OC3(C(=O)c4ccccc4C3=O)[C@H]2C(=O)N1C1CCCCC1. The summed E-state index contributed by atoms with van der Waals surface area (Å²) in [5.41, 5.74) is -0.745. The predicted octanol–water partition coefficient (Wildman–Crippen LogP) is 4.11. The molecule has 0 radical (unpaired) electrons. The first-order chi connectivity index (χ1) is 15.9. The molecule has 2 aliphatic heterocycles. The molecule has 0 unspecified atom stereocenters. The molecule has 4 aliphatic rings. The van der Waals surface area contributed by atoms with Crippen LogP contribution in [0.5, 0.6) is 0 Å². The molecule has 0 N–H and O–H groups in total. The van der Waals surface area contributed by atoms with Crippen LogP contribution >= 0.6 is 22.6 Å². The van der Waals surface area contributed by atoms with E-state index in [-0.39, 0.29) is 23.1 Å². The van der Waals surface area contributed by atoms with Gasteiger partial charge in [-0.2, -0.15) is 0 Å². The first-order valence-corrected chi connectivity index (χ1v) is 12.5. The van der Waals surface area contributed by atoms with Gasteiger partial charge in [0, 0.05) is 20.7 Å². The average molecular weight is 555 g/mol. The molecule has 3 fully saturated rings. The molecular formula is C26H22INO5. The van der Waals surface area contributed by atoms with Crippen molar-refractivity contribution in [1.29, 1.82) is 0 Å². The van der Waals surface area contributed by atoms with Crippen molar-refractivity contribution < 1.29 is 23.9 Å². The number of rotatable bonds is 2. The Bertz CT molecular complexity index is 1160. The van der Waals surface area contributed by atoms with Gasteiger partial charge >= 0.3 is 0 Å². The Labute approximate surface area is 204 Å². The monoisotopic (exact) mass is 555 g/mol. The number of fused-ring (bicyclic) bond motifs is 3. The van der Waals surface area contributed by atoms with Crippen molar-refractivity contribution in [2.75, 3.05) is 0 Å². The molecule has 1 saturated carbocycles. The molecule has 3 atom stereocenters. The van der Waals surface area contributed by atoms with Crippen LogP contribution in [0.1, 0.15) is 64.5 Å². The van der Waals surface area contributed by atoms with Gasteiger partial charge < -0.3 is 4.74 Å². The summed E-state index contributed by atoms with van der Waals surface area (Å²) in [6, 6.07) is 13.9. The quantitative estimate of drug-likeness (QED) is 0.317. The van der Waals surface area contributed by atoms with Crippen LogP contribution in [0, 0.1) is 15.4 Å². The maximum atomic E-state index is 13.9. The number of amides is 2. The third kappa shape index (κ3) is 2.81. The van der Waals surface area contributed by atoms with Crippen LogP contribution in [-0.2, 0) is 14.3 Å². The van der Waals surface area contributed by atoms with Crippen LogP contribution in [0.4, 0.5) is 0 Å². The number of nitrogens with zero attached hydrogens (tertiary/aromatic N) is 1. The zero-order valence-corrected chi connectivity index (χ0v) is 20.0. The van der Waals surface area contributed by atoms with E-state index < -0.39 is 41.0 Å². The second-order valence-electron chi connectivity index (χ2n) is 9.37. The Balaban J connectivity index is 1.50. The highest BCUT2D eigenvalue weighted by atomic mass is 127. The molecule has 33 heavy (non-hydrogen) atoms. The molecule has 2 aromatic carbocycles. The molecule has 1 spiro atoms. The van der Waals surface area contributed by atoms with Gasteiger partial charge in [0.1, 0.15) is 0 Å². The van der Waals surface area contributed by atoms with Crippen LogP contribution in [0.3, 0.4) is 0 Å². The molecule has 2 aromatic rings. The topological polar surface area (TPSA) is 80.8 Å². The zero-order chi connectivity index (χ0) is 22.9. The van der Waals surface area contributed by atoms with Crippen molar-refractivity contribution in [3.63, 3.8) is 0 Å². The van der Waals surface area contributed by atoms with Crippen LogP contribution < -0.4 is 0 Å². The van der Waals surface area contributed by atoms with Gasteiger partial charge in [-0.1, -0.05) is 55.7 Å². The van der Waals surface area contributed by atoms with Crippen molar-refractivity contribution in [1.82, 2.24) is 4.90 Å². The molecule has 2 amide bonds. The van der Waals surface area contributed by atoms with Crippen molar-refractivity contribution in [3.8, 4) is 0 Å². The molecule has 168 valence electrons. The fraction of sp³-hybridized carbons (Fsp3) is 0.385. The van der Waals surface area contributed by atoms with E-state index in [0.29, 0.717) is 5.56 Å². The minimum Gasteiger partial charge on any atom is -0.349 e. The van der Waals surface area contributed by atoms with Gasteiger partial charge in [0.2, 0.25) is 29.0 Å². The molecule has 2 aliphatic carbocycles. The van der Waals surface area contributed by atoms with Gasteiger partial charge in [-0.05, 0) is 53.1 Å². The highest BCUT2D eigenvalue weighted by Gasteiger charge is 2.75. The lowest BCUT2D eigenvalue weighted by molar-refractivity contribution is -0.148. The van der Waals surface area contributed by atoms with Crippen molar-refractivity contribution in [2.45, 2.75) is 49.9 Å². The van der Waals surface area contributed by atoms with Crippen LogP contribution in [0.2, 0.25) is 0 Å². The minimum atomic E-state index is -1.97. The third-order valence-electron chi connectivity index (χ3n) is 7.69. The molecule has 2 heterocycles. The maximum Gasteiger partial charge on any atom is 0.237 e. The first-order valence-electron chi connectivity index (χ1n) is 11.4. The fourth-order valence-corrected chi connectivity index (χ4v) is 6.55. The van der Waals surface area contributed by atoms with Gasteiger partial charge in [0.15, 0.2) is 0 Å². The summed E-state index contributed by atoms with van der Waals surface area (Å²) in [7, 11) is 0. The summed E-state index contributed by atoms with van der Waals surface area (Å²) >= 11 is 2.19. The second-order valence-corrected chi connectivity index (χ2v) is 10.6. The number of carbonyl (C=O) groups is 4. The number of ketones is 2. The van der Waals surface area contributed by atoms with Crippen LogP contribution in [0.25, 0.3) is 0 Å². The van der Waals surface area contributed by atoms with E-state index >= 15 is 0 Å². The number of ether oxygens (including phenoxy) is 1. The Morgan fingerprint density at radius 1 is 0.818 bits per heavy atom. The number of imide groups is 1. The number of Topliss-reactive ketones (excluding diaryl/α,β-unsaturated/α-hetero) is 2. The number of benzene rings is 2. The minimum absolute atomic E-state index is 0.173. The largest absolute Gasteiger partial charge is 0.349 e. The number of hydrogen-bond acceptors (Lipinski definition) is 5. The molecule has 6 nitrogen and oxygen atoms in total. The van der Waals surface area contributed by atoms with Gasteiger partial charge in [-0.3, -0.25) is 24.1 Å². The summed E-state index contributed by atoms with van der Waals surface area (Å²) < 4.78 is 7.33. The second kappa shape index (κ2) is 7.56. The molecule has 2 saturated heterocycles. The van der Waals surface area contributed by atoms with E-state index in [9.17, 15) is 19.2 Å². The molecule has 0 aromatic heterocycles. The number of halogens is 1. The van der Waals surface area contributed by atoms with E-state index in [4.69, 9.17) is 4.74 Å². The Hall–Kier alpha value is -2.39. The van der Waals surface area contributed by atoms with E-state index in [2.05, 4.69) is 22.6 Å². The lowest BCUT2D eigenvalue weighted by atomic mass is 9.77. The summed E-state index contributed by atoms with van der Waals surface area (Å²) in [6.07, 6.45) is 3.71. The number of hydrogen-bond donors (Lipinski definition) is 0. The highest BCUT2D eigenvalue weighted by molar-refractivity contribution is 14.1. The van der Waals surface area contributed by atoms with Crippen LogP contribution in [-0.4, -0.2) is 39.9 Å². The third-order valence-corrected chi connectivity index (χ3v) is 8.41. The van der Waals surface area contributed by atoms with Gasteiger partial charge in [0.25, 0.3) is 0 Å². The lowest BCUT2D eigenvalue weighted by Crippen LogP contribution is -2.52. The molecule has 6 rings (SSSR count). The van der Waals surface area contributed by atoms with Crippen LogP contribution in [0.15, 0.2) is 48.5 Å². The molecule has 0 bridgehead atoms. The summed E-state index contributed by atoms with van der Waals surface area (Å²) in [5.74, 6) is -3.77. The maximum absolute atomic E-state index is 13.9. The first kappa shape index (κ1) is 21.2. The van der Waals surface area contributed by atoms with E-state index in [0.717, 1.165) is 35.7 Å². The highest BCUT2D eigenvalue weighted by Crippen LogP contribution is 2.57. The Morgan fingerprint density at radius 3 is 2.03 bits per heavy atom. The van der Waals surface area contributed by atoms with Gasteiger partial charge in [0.05, 0.1) is 17.9 Å². The van der Waals surface area contributed by atoms with E-state index in [1.165, 1.54) is 4.90 Å². The lowest BCUT2D eigenvalue weighted by Gasteiger charge is -2.33. The van der Waals surface area contributed by atoms with Gasteiger partial charge in [-0.25, -0.2) is 0 Å². The van der Waals surface area contributed by atoms with Gasteiger partial charge in [-0.15, -0.1) is 0 Å². The normalized spacial score (nSPS) is 28.6. The number of likely N-dealkylation sites (tertiary alicyclic amines) is 1. The standard InChI is InChI=1S/C26H22INO5/c27-15-12-10-14(11-13-15)21-19-20(25(32)28(24(19)31)16-6-2-1-3-7-16)26(33-21)22(29)17-8-4-5-9-18(17)23(26)30/h4-5,8-13,16,19-21H,1-3,6-7H2/t19-,20+,21+/m0/s1. The smallest absolute Gasteiger partial charge is 0.237 e. The Morgan fingerprint density at radius 2 is 1.42 bits per heavy atom. The summed E-state index contributed by atoms with van der Waals surface area (Å²) in [5, 5.41) is 0. The van der Waals surface area contributed by atoms with E-state index in [1.54, 1.807) is 24.3 Å². The molecular weight excluding hydrogens is 533 g/mol. The van der Waals surface area contributed by atoms with Crippen molar-refractivity contribution in [2.24, 2.45) is 11.8 Å². The predicted molar refractivity (Wildman–Crippen MR) is 127 cm³/mol. The Kier molecular flexibility index (Phi) is 4.85. The average Bonchev–Trinajstić information content (AvgIpc) is 3.40. The van der Waals surface area contributed by atoms with E-state index in [1.807, 2.05) is 24.3 Å². The molecule has 7 heteroatoms.